The molecule has 0 aliphatic rings. The minimum absolute atomic E-state index is 0.0240. The molecule has 5 heteroatoms. The van der Waals surface area contributed by atoms with Crippen LogP contribution in [0.2, 0.25) is 0 Å². The largest absolute Gasteiger partial charge is 0.355 e. The van der Waals surface area contributed by atoms with E-state index in [1.165, 1.54) is 22.8 Å². The number of hydrogen-bond donors (Lipinski definition) is 2. The van der Waals surface area contributed by atoms with Gasteiger partial charge in [-0.2, -0.15) is 0 Å². The quantitative estimate of drug-likeness (QED) is 0.737. The van der Waals surface area contributed by atoms with E-state index in [1.54, 1.807) is 0 Å². The fourth-order valence-electron chi connectivity index (χ4n) is 2.66. The monoisotopic (exact) mass is 348 g/mol. The molecule has 2 N–H and O–H groups in total. The first-order chi connectivity index (χ1) is 11.3. The molecular weight excluding hydrogens is 326 g/mol. The van der Waals surface area contributed by atoms with Crippen LogP contribution in [0.15, 0.2) is 36.4 Å². The van der Waals surface area contributed by atoms with Crippen molar-refractivity contribution in [3.8, 4) is 0 Å². The van der Waals surface area contributed by atoms with E-state index in [9.17, 15) is 8.78 Å². The van der Waals surface area contributed by atoms with E-state index in [4.69, 9.17) is 12.2 Å². The first kappa shape index (κ1) is 18.3. The van der Waals surface area contributed by atoms with Crippen molar-refractivity contribution in [1.82, 2.24) is 5.32 Å². The maximum Gasteiger partial charge on any atom is 0.171 e. The summed E-state index contributed by atoms with van der Waals surface area (Å²) in [6.07, 6.45) is 0. The molecule has 0 fully saturated rings. The Kier molecular flexibility index (Phi) is 5.89. The Balaban J connectivity index is 2.15. The van der Waals surface area contributed by atoms with E-state index >= 15 is 0 Å². The van der Waals surface area contributed by atoms with Crippen molar-refractivity contribution in [2.24, 2.45) is 5.92 Å². The molecule has 0 aromatic heterocycles. The normalized spacial score (nSPS) is 12.1. The summed E-state index contributed by atoms with van der Waals surface area (Å²) in [7, 11) is 0. The fraction of sp³-hybridized carbons (Fsp3) is 0.316. The van der Waals surface area contributed by atoms with Crippen LogP contribution in [0.5, 0.6) is 0 Å². The molecule has 0 heterocycles. The molecular formula is C19H22F2N2S. The second kappa shape index (κ2) is 7.71. The number of thiocarbonyl (C=S) groups is 1. The van der Waals surface area contributed by atoms with Crippen molar-refractivity contribution in [1.29, 1.82) is 0 Å². The average molecular weight is 348 g/mol. The van der Waals surface area contributed by atoms with Crippen LogP contribution in [-0.4, -0.2) is 5.11 Å². The van der Waals surface area contributed by atoms with Gasteiger partial charge in [0, 0.05) is 11.8 Å². The van der Waals surface area contributed by atoms with Crippen LogP contribution in [0.4, 0.5) is 14.5 Å². The Morgan fingerprint density at radius 2 is 1.71 bits per heavy atom. The number of nitrogens with one attached hydrogen (secondary N) is 2. The third kappa shape index (κ3) is 4.51. The highest BCUT2D eigenvalue weighted by atomic mass is 32.1. The SMILES string of the molecule is Cc1ccc(C(NC(=S)Nc2ccc(F)c(F)c2)C(C)C)c(C)c1. The Bertz CT molecular complexity index is 744. The average Bonchev–Trinajstić information content (AvgIpc) is 2.49. The fourth-order valence-corrected chi connectivity index (χ4v) is 2.91. The molecule has 1 atom stereocenters. The molecule has 128 valence electrons. The van der Waals surface area contributed by atoms with Gasteiger partial charge < -0.3 is 10.6 Å². The van der Waals surface area contributed by atoms with Gasteiger partial charge in [-0.1, -0.05) is 37.6 Å². The number of benzene rings is 2. The standard InChI is InChI=1S/C19H22F2N2S/c1-11(2)18(15-7-5-12(3)9-13(15)4)23-19(24)22-14-6-8-16(20)17(21)10-14/h5-11,18H,1-4H3,(H2,22,23,24). The molecule has 0 saturated heterocycles. The summed E-state index contributed by atoms with van der Waals surface area (Å²) in [6.45, 7) is 8.35. The van der Waals surface area contributed by atoms with Gasteiger partial charge in [0.05, 0.1) is 6.04 Å². The molecule has 2 rings (SSSR count). The number of hydrogen-bond acceptors (Lipinski definition) is 1. The molecule has 2 nitrogen and oxygen atoms in total. The van der Waals surface area contributed by atoms with Crippen molar-refractivity contribution in [2.45, 2.75) is 33.7 Å². The summed E-state index contributed by atoms with van der Waals surface area (Å²) < 4.78 is 26.3. The summed E-state index contributed by atoms with van der Waals surface area (Å²) >= 11 is 5.34. The van der Waals surface area contributed by atoms with Gasteiger partial charge in [0.25, 0.3) is 0 Å². The van der Waals surface area contributed by atoms with Crippen LogP contribution >= 0.6 is 12.2 Å². The molecule has 2 aromatic rings. The molecule has 0 bridgehead atoms. The zero-order valence-corrected chi connectivity index (χ0v) is 15.1. The third-order valence-corrected chi connectivity index (χ3v) is 4.11. The van der Waals surface area contributed by atoms with Gasteiger partial charge in [-0.3, -0.25) is 0 Å². The van der Waals surface area contributed by atoms with Gasteiger partial charge in [-0.05, 0) is 55.2 Å². The molecule has 1 unspecified atom stereocenters. The van der Waals surface area contributed by atoms with E-state index in [1.807, 2.05) is 0 Å². The maximum absolute atomic E-state index is 13.3. The first-order valence-electron chi connectivity index (χ1n) is 7.87. The van der Waals surface area contributed by atoms with E-state index in [-0.39, 0.29) is 6.04 Å². The topological polar surface area (TPSA) is 24.1 Å². The third-order valence-electron chi connectivity index (χ3n) is 3.89. The van der Waals surface area contributed by atoms with Crippen molar-refractivity contribution in [3.63, 3.8) is 0 Å². The highest BCUT2D eigenvalue weighted by Crippen LogP contribution is 2.25. The van der Waals surface area contributed by atoms with Gasteiger partial charge in [-0.15, -0.1) is 0 Å². The van der Waals surface area contributed by atoms with Crippen LogP contribution in [-0.2, 0) is 0 Å². The molecule has 0 spiro atoms. The lowest BCUT2D eigenvalue weighted by molar-refractivity contribution is 0.471. The van der Waals surface area contributed by atoms with E-state index in [2.05, 4.69) is 56.5 Å². The van der Waals surface area contributed by atoms with Crippen LogP contribution in [0.25, 0.3) is 0 Å². The molecule has 0 amide bonds. The summed E-state index contributed by atoms with van der Waals surface area (Å²) in [5.41, 5.74) is 3.98. The molecule has 24 heavy (non-hydrogen) atoms. The number of anilines is 1. The van der Waals surface area contributed by atoms with E-state index in [0.29, 0.717) is 16.7 Å². The minimum Gasteiger partial charge on any atom is -0.355 e. The van der Waals surface area contributed by atoms with Gasteiger partial charge in [-0.25, -0.2) is 8.78 Å². The van der Waals surface area contributed by atoms with Gasteiger partial charge in [0.15, 0.2) is 16.7 Å². The van der Waals surface area contributed by atoms with Gasteiger partial charge in [0.1, 0.15) is 0 Å². The van der Waals surface area contributed by atoms with Crippen LogP contribution < -0.4 is 10.6 Å². The molecule has 2 aromatic carbocycles. The summed E-state index contributed by atoms with van der Waals surface area (Å²) in [5.74, 6) is -1.48. The van der Waals surface area contributed by atoms with Crippen molar-refractivity contribution in [2.75, 3.05) is 5.32 Å². The van der Waals surface area contributed by atoms with Crippen molar-refractivity contribution >= 4 is 23.0 Å². The highest BCUT2D eigenvalue weighted by molar-refractivity contribution is 7.80. The molecule has 0 aliphatic carbocycles. The van der Waals surface area contributed by atoms with Gasteiger partial charge >= 0.3 is 0 Å². The number of rotatable bonds is 4. The first-order valence-corrected chi connectivity index (χ1v) is 8.28. The van der Waals surface area contributed by atoms with Crippen LogP contribution in [0.3, 0.4) is 0 Å². The second-order valence-corrected chi connectivity index (χ2v) is 6.72. The summed E-state index contributed by atoms with van der Waals surface area (Å²) in [4.78, 5) is 0. The van der Waals surface area contributed by atoms with E-state index in [0.717, 1.165) is 12.1 Å². The second-order valence-electron chi connectivity index (χ2n) is 6.31. The predicted octanol–water partition coefficient (Wildman–Crippen LogP) is 5.27. The molecule has 0 saturated carbocycles. The van der Waals surface area contributed by atoms with Crippen LogP contribution in [0.1, 0.15) is 36.6 Å². The zero-order valence-electron chi connectivity index (χ0n) is 14.3. The summed E-state index contributed by atoms with van der Waals surface area (Å²) in [5, 5.41) is 6.56. The Morgan fingerprint density at radius 1 is 1.00 bits per heavy atom. The Morgan fingerprint density at radius 3 is 2.29 bits per heavy atom. The predicted molar refractivity (Wildman–Crippen MR) is 99.2 cm³/mol. The number of aryl methyl sites for hydroxylation is 2. The van der Waals surface area contributed by atoms with Gasteiger partial charge in [0.2, 0.25) is 0 Å². The lowest BCUT2D eigenvalue weighted by Gasteiger charge is -2.26. The van der Waals surface area contributed by atoms with Crippen molar-refractivity contribution in [3.05, 3.63) is 64.7 Å². The lowest BCUT2D eigenvalue weighted by atomic mass is 9.92. The lowest BCUT2D eigenvalue weighted by Crippen LogP contribution is -2.35. The Hall–Kier alpha value is -2.01. The molecule has 0 aliphatic heterocycles. The number of halogens is 2. The molecule has 0 radical (unpaired) electrons. The van der Waals surface area contributed by atoms with Crippen molar-refractivity contribution < 1.29 is 8.78 Å². The Labute approximate surface area is 147 Å². The maximum atomic E-state index is 13.3. The smallest absolute Gasteiger partial charge is 0.171 e. The van der Waals surface area contributed by atoms with Crippen LogP contribution in [0, 0.1) is 31.4 Å². The summed E-state index contributed by atoms with van der Waals surface area (Å²) in [6, 6.07) is 9.95. The minimum atomic E-state index is -0.905. The highest BCUT2D eigenvalue weighted by Gasteiger charge is 2.19. The zero-order chi connectivity index (χ0) is 17.9. The van der Waals surface area contributed by atoms with E-state index < -0.39 is 11.6 Å².